The molecule has 0 saturated carbocycles. The summed E-state index contributed by atoms with van der Waals surface area (Å²) in [6, 6.07) is 0. The number of carbonyl (C=O) groups is 1. The number of alkyl halides is 3. The number of nitrogens with one attached hydrogen (secondary N) is 1. The van der Waals surface area contributed by atoms with Crippen LogP contribution < -0.4 is 5.32 Å². The Morgan fingerprint density at radius 2 is 1.87 bits per heavy atom. The highest BCUT2D eigenvalue weighted by Gasteiger charge is 2.29. The van der Waals surface area contributed by atoms with Crippen LogP contribution in [0.1, 0.15) is 13.8 Å². The SMILES string of the molecule is COC(C)(C)CNC(=O)OCC(F)(F)F. The molecular weight excluding hydrogens is 215 g/mol. The molecule has 4 nitrogen and oxygen atoms in total. The van der Waals surface area contributed by atoms with Gasteiger partial charge < -0.3 is 14.8 Å². The fourth-order valence-electron chi connectivity index (χ4n) is 0.556. The third-order valence-electron chi connectivity index (χ3n) is 1.58. The summed E-state index contributed by atoms with van der Waals surface area (Å²) < 4.78 is 43.7. The van der Waals surface area contributed by atoms with E-state index in [1.165, 1.54) is 7.11 Å². The van der Waals surface area contributed by atoms with Gasteiger partial charge in [0.2, 0.25) is 0 Å². The molecule has 0 unspecified atom stereocenters. The van der Waals surface area contributed by atoms with Crippen LogP contribution in [0, 0.1) is 0 Å². The zero-order valence-corrected chi connectivity index (χ0v) is 8.77. The van der Waals surface area contributed by atoms with Crippen LogP contribution in [-0.4, -0.2) is 38.1 Å². The molecule has 7 heteroatoms. The first kappa shape index (κ1) is 14.0. The zero-order valence-electron chi connectivity index (χ0n) is 8.77. The maximum Gasteiger partial charge on any atom is 0.422 e. The third kappa shape index (κ3) is 8.04. The second-order valence-corrected chi connectivity index (χ2v) is 3.51. The Balaban J connectivity index is 3.77. The first-order chi connectivity index (χ1) is 6.66. The standard InChI is InChI=1S/C8H14F3NO3/c1-7(2,14-3)4-12-6(13)15-5-8(9,10)11/h4-5H2,1-3H3,(H,12,13). The minimum Gasteiger partial charge on any atom is -0.440 e. The van der Waals surface area contributed by atoms with E-state index in [1.807, 2.05) is 0 Å². The topological polar surface area (TPSA) is 47.6 Å². The minimum absolute atomic E-state index is 0.0696. The van der Waals surface area contributed by atoms with E-state index < -0.39 is 24.5 Å². The van der Waals surface area contributed by atoms with Gasteiger partial charge in [0.1, 0.15) is 0 Å². The van der Waals surface area contributed by atoms with Gasteiger partial charge in [-0.2, -0.15) is 13.2 Å². The zero-order chi connectivity index (χ0) is 12.1. The second-order valence-electron chi connectivity index (χ2n) is 3.51. The maximum absolute atomic E-state index is 11.6. The van der Waals surface area contributed by atoms with Crippen LogP contribution in [0.2, 0.25) is 0 Å². The first-order valence-electron chi connectivity index (χ1n) is 4.19. The molecule has 0 radical (unpaired) electrons. The fourth-order valence-corrected chi connectivity index (χ4v) is 0.556. The summed E-state index contributed by atoms with van der Waals surface area (Å²) in [7, 11) is 1.43. The molecule has 1 N–H and O–H groups in total. The van der Waals surface area contributed by atoms with Gasteiger partial charge in [0.05, 0.1) is 5.60 Å². The quantitative estimate of drug-likeness (QED) is 0.798. The number of rotatable bonds is 4. The minimum atomic E-state index is -4.51. The highest BCUT2D eigenvalue weighted by molar-refractivity contribution is 5.67. The molecule has 0 aliphatic carbocycles. The monoisotopic (exact) mass is 229 g/mol. The van der Waals surface area contributed by atoms with Crippen LogP contribution in [0.25, 0.3) is 0 Å². The van der Waals surface area contributed by atoms with Gasteiger partial charge in [-0.25, -0.2) is 4.79 Å². The number of hydrogen-bond donors (Lipinski definition) is 1. The van der Waals surface area contributed by atoms with Crippen molar-refractivity contribution in [3.63, 3.8) is 0 Å². The van der Waals surface area contributed by atoms with Crippen LogP contribution in [-0.2, 0) is 9.47 Å². The highest BCUT2D eigenvalue weighted by atomic mass is 19.4. The van der Waals surface area contributed by atoms with E-state index in [9.17, 15) is 18.0 Å². The van der Waals surface area contributed by atoms with E-state index in [1.54, 1.807) is 13.8 Å². The van der Waals surface area contributed by atoms with Crippen molar-refractivity contribution >= 4 is 6.09 Å². The van der Waals surface area contributed by atoms with Crippen molar-refractivity contribution in [2.45, 2.75) is 25.6 Å². The van der Waals surface area contributed by atoms with Crippen LogP contribution in [0.3, 0.4) is 0 Å². The van der Waals surface area contributed by atoms with Gasteiger partial charge in [0.15, 0.2) is 6.61 Å². The summed E-state index contributed by atoms with van der Waals surface area (Å²) in [5, 5.41) is 2.16. The number of hydrogen-bond acceptors (Lipinski definition) is 3. The van der Waals surface area contributed by atoms with Crippen molar-refractivity contribution in [2.24, 2.45) is 0 Å². The largest absolute Gasteiger partial charge is 0.440 e. The Hall–Kier alpha value is -0.980. The molecule has 0 heterocycles. The van der Waals surface area contributed by atoms with Crippen LogP contribution >= 0.6 is 0 Å². The molecule has 15 heavy (non-hydrogen) atoms. The lowest BCUT2D eigenvalue weighted by molar-refractivity contribution is -0.160. The maximum atomic E-state index is 11.6. The molecule has 0 saturated heterocycles. The molecule has 90 valence electrons. The van der Waals surface area contributed by atoms with Gasteiger partial charge in [0, 0.05) is 13.7 Å². The molecule has 0 bridgehead atoms. The van der Waals surface area contributed by atoms with E-state index >= 15 is 0 Å². The number of alkyl carbamates (subject to hydrolysis) is 1. The Bertz CT molecular complexity index is 216. The van der Waals surface area contributed by atoms with Gasteiger partial charge in [-0.1, -0.05) is 0 Å². The van der Waals surface area contributed by atoms with E-state index in [0.29, 0.717) is 0 Å². The predicted molar refractivity (Wildman–Crippen MR) is 46.5 cm³/mol. The summed E-state index contributed by atoms with van der Waals surface area (Å²) in [5.74, 6) is 0. The summed E-state index contributed by atoms with van der Waals surface area (Å²) in [4.78, 5) is 10.8. The Labute approximate surface area is 85.7 Å². The normalized spacial score (nSPS) is 12.4. The average Bonchev–Trinajstić information content (AvgIpc) is 2.10. The van der Waals surface area contributed by atoms with Crippen molar-refractivity contribution in [1.82, 2.24) is 5.32 Å². The molecule has 0 aromatic carbocycles. The van der Waals surface area contributed by atoms with Crippen molar-refractivity contribution < 1.29 is 27.4 Å². The molecule has 0 spiro atoms. The van der Waals surface area contributed by atoms with Crippen molar-refractivity contribution in [2.75, 3.05) is 20.3 Å². The summed E-state index contributed by atoms with van der Waals surface area (Å²) >= 11 is 0. The Morgan fingerprint density at radius 3 is 2.27 bits per heavy atom. The van der Waals surface area contributed by atoms with E-state index in [2.05, 4.69) is 10.1 Å². The lowest BCUT2D eigenvalue weighted by Crippen LogP contribution is -2.40. The number of carbonyl (C=O) groups excluding carboxylic acids is 1. The third-order valence-corrected chi connectivity index (χ3v) is 1.58. The van der Waals surface area contributed by atoms with Gasteiger partial charge in [-0.3, -0.25) is 0 Å². The van der Waals surface area contributed by atoms with Gasteiger partial charge in [-0.05, 0) is 13.8 Å². The Morgan fingerprint density at radius 1 is 1.33 bits per heavy atom. The van der Waals surface area contributed by atoms with Crippen molar-refractivity contribution in [3.05, 3.63) is 0 Å². The lowest BCUT2D eigenvalue weighted by atomic mass is 10.1. The molecular formula is C8H14F3NO3. The molecule has 0 fully saturated rings. The van der Waals surface area contributed by atoms with Gasteiger partial charge in [-0.15, -0.1) is 0 Å². The molecule has 0 aromatic rings. The number of methoxy groups -OCH3 is 1. The molecule has 0 aromatic heterocycles. The number of amides is 1. The molecule has 0 rings (SSSR count). The Kier molecular flexibility index (Phi) is 4.86. The number of halogens is 3. The van der Waals surface area contributed by atoms with Crippen LogP contribution in [0.15, 0.2) is 0 Å². The average molecular weight is 229 g/mol. The van der Waals surface area contributed by atoms with Crippen molar-refractivity contribution in [1.29, 1.82) is 0 Å². The second kappa shape index (κ2) is 5.20. The molecule has 0 aliphatic rings. The lowest BCUT2D eigenvalue weighted by Gasteiger charge is -2.22. The van der Waals surface area contributed by atoms with Crippen molar-refractivity contribution in [3.8, 4) is 0 Å². The predicted octanol–water partition coefficient (Wildman–Crippen LogP) is 1.70. The molecule has 1 amide bonds. The van der Waals surface area contributed by atoms with E-state index in [-0.39, 0.29) is 6.54 Å². The number of ether oxygens (including phenoxy) is 2. The smallest absolute Gasteiger partial charge is 0.422 e. The summed E-state index contributed by atoms with van der Waals surface area (Å²) in [5.41, 5.74) is -0.642. The highest BCUT2D eigenvalue weighted by Crippen LogP contribution is 2.14. The van der Waals surface area contributed by atoms with Gasteiger partial charge in [0.25, 0.3) is 0 Å². The molecule has 0 atom stereocenters. The van der Waals surface area contributed by atoms with E-state index in [0.717, 1.165) is 0 Å². The summed E-state index contributed by atoms with van der Waals surface area (Å²) in [6.45, 7) is 1.83. The van der Waals surface area contributed by atoms with Crippen LogP contribution in [0.5, 0.6) is 0 Å². The first-order valence-corrected chi connectivity index (χ1v) is 4.19. The summed E-state index contributed by atoms with van der Waals surface area (Å²) in [6.07, 6.45) is -5.62. The van der Waals surface area contributed by atoms with Gasteiger partial charge >= 0.3 is 12.3 Å². The fraction of sp³-hybridized carbons (Fsp3) is 0.875. The van der Waals surface area contributed by atoms with E-state index in [4.69, 9.17) is 4.74 Å². The molecule has 0 aliphatic heterocycles. The van der Waals surface area contributed by atoms with Crippen LogP contribution in [0.4, 0.5) is 18.0 Å².